The molecule has 3 unspecified atom stereocenters. The number of aliphatic hydroxyl groups is 2. The van der Waals surface area contributed by atoms with Gasteiger partial charge in [0.15, 0.2) is 0 Å². The minimum atomic E-state index is -0.806. The molecule has 0 radical (unpaired) electrons. The van der Waals surface area contributed by atoms with Gasteiger partial charge in [0, 0.05) is 6.42 Å². The van der Waals surface area contributed by atoms with E-state index in [-0.39, 0.29) is 24.9 Å². The van der Waals surface area contributed by atoms with Crippen LogP contribution in [0.5, 0.6) is 0 Å². The predicted molar refractivity (Wildman–Crippen MR) is 236 cm³/mol. The molecule has 0 aliphatic rings. The van der Waals surface area contributed by atoms with Gasteiger partial charge in [-0.3, -0.25) is 9.59 Å². The lowest BCUT2D eigenvalue weighted by Gasteiger charge is -2.24. The Labute approximate surface area is 338 Å². The average Bonchev–Trinajstić information content (AvgIpc) is 3.18. The summed E-state index contributed by atoms with van der Waals surface area (Å²) in [4.78, 5) is 25.9. The number of carbonyl (C=O) groups is 2. The molecule has 0 aromatic heterocycles. The van der Waals surface area contributed by atoms with E-state index in [0.29, 0.717) is 19.3 Å². The van der Waals surface area contributed by atoms with E-state index in [9.17, 15) is 19.8 Å². The molecule has 1 amide bonds. The lowest BCUT2D eigenvalue weighted by atomic mass is 10.0. The van der Waals surface area contributed by atoms with Crippen LogP contribution in [-0.4, -0.2) is 46.9 Å². The second-order valence-electron chi connectivity index (χ2n) is 14.8. The average molecular weight is 766 g/mol. The summed E-state index contributed by atoms with van der Waals surface area (Å²) in [5.41, 5.74) is 0. The Morgan fingerprint density at radius 2 is 0.982 bits per heavy atom. The first-order chi connectivity index (χ1) is 27.0. The van der Waals surface area contributed by atoms with Crippen molar-refractivity contribution in [3.63, 3.8) is 0 Å². The largest absolute Gasteiger partial charge is 0.462 e. The quantitative estimate of drug-likeness (QED) is 0.0330. The molecule has 3 atom stereocenters. The van der Waals surface area contributed by atoms with Crippen molar-refractivity contribution in [3.05, 3.63) is 85.1 Å². The molecule has 0 aromatic rings. The van der Waals surface area contributed by atoms with Gasteiger partial charge in [-0.05, 0) is 64.2 Å². The standard InChI is InChI=1S/C49H83NO5/c1-4-7-10-13-16-19-22-24-27-30-33-36-39-42-49(54)55-45(40-37-34-31-28-25-21-18-15-12-9-6-3)43-48(53)50-46(44-51)47(52)41-38-35-32-29-26-23-20-17-14-11-8-5-2/h7,9-10,12-13,15-16,18-19,21-22,24-25,27,45-47,51-52H,4-6,8,11,14,17,20,23,26,28-44H2,1-3H3,(H,50,53)/b10-7+,12-9+,16-13+,18-15+,22-19-,25-21-,27-24-. The maximum absolute atomic E-state index is 13.1. The SMILES string of the molecule is CC/C=C/C=C/C=C\C=C/CCCCCC(=O)OC(CCCCC\C=C/C=C/C=C/CC)CC(=O)NC(CO)C(O)CCCCCCCCCCCCCC. The maximum Gasteiger partial charge on any atom is 0.306 e. The molecule has 0 rings (SSSR count). The minimum absolute atomic E-state index is 0.0337. The fraction of sp³-hybridized carbons (Fsp3) is 0.673. The number of unbranched alkanes of at least 4 members (excludes halogenated alkanes) is 17. The molecule has 0 aliphatic carbocycles. The van der Waals surface area contributed by atoms with E-state index in [0.717, 1.165) is 83.5 Å². The number of hydrogen-bond acceptors (Lipinski definition) is 5. The molecule has 3 N–H and O–H groups in total. The molecule has 0 saturated heterocycles. The Morgan fingerprint density at radius 3 is 1.49 bits per heavy atom. The molecule has 0 bridgehead atoms. The lowest BCUT2D eigenvalue weighted by Crippen LogP contribution is -2.46. The van der Waals surface area contributed by atoms with Crippen molar-refractivity contribution in [2.45, 2.75) is 206 Å². The Bertz CT molecular complexity index is 1080. The number of hydrogen-bond donors (Lipinski definition) is 3. The van der Waals surface area contributed by atoms with Crippen LogP contribution in [0, 0.1) is 0 Å². The van der Waals surface area contributed by atoms with Crippen LogP contribution in [0.1, 0.15) is 188 Å². The summed E-state index contributed by atoms with van der Waals surface area (Å²) in [5.74, 6) is -0.566. The molecule has 0 aromatic carbocycles. The number of ether oxygens (including phenoxy) is 1. The van der Waals surface area contributed by atoms with Crippen LogP contribution in [0.3, 0.4) is 0 Å². The zero-order valence-corrected chi connectivity index (χ0v) is 35.5. The summed E-state index contributed by atoms with van der Waals surface area (Å²) >= 11 is 0. The fourth-order valence-electron chi connectivity index (χ4n) is 6.26. The number of amides is 1. The Hall–Kier alpha value is -2.96. The highest BCUT2D eigenvalue weighted by Crippen LogP contribution is 2.16. The zero-order chi connectivity index (χ0) is 40.3. The molecule has 0 fully saturated rings. The van der Waals surface area contributed by atoms with Gasteiger partial charge in [0.05, 0.1) is 25.2 Å². The predicted octanol–water partition coefficient (Wildman–Crippen LogP) is 12.8. The third-order valence-electron chi connectivity index (χ3n) is 9.63. The van der Waals surface area contributed by atoms with Crippen LogP contribution >= 0.6 is 0 Å². The van der Waals surface area contributed by atoms with E-state index in [1.165, 1.54) is 57.8 Å². The first kappa shape index (κ1) is 52.0. The molecule has 0 aliphatic heterocycles. The molecule has 6 heteroatoms. The van der Waals surface area contributed by atoms with Crippen LogP contribution < -0.4 is 5.32 Å². The van der Waals surface area contributed by atoms with Crippen molar-refractivity contribution in [3.8, 4) is 0 Å². The van der Waals surface area contributed by atoms with Crippen molar-refractivity contribution in [2.75, 3.05) is 6.61 Å². The van der Waals surface area contributed by atoms with E-state index < -0.39 is 18.2 Å². The highest BCUT2D eigenvalue weighted by Gasteiger charge is 2.24. The van der Waals surface area contributed by atoms with Gasteiger partial charge in [0.2, 0.25) is 5.91 Å². The van der Waals surface area contributed by atoms with Gasteiger partial charge in [0.1, 0.15) is 6.10 Å². The monoisotopic (exact) mass is 766 g/mol. The van der Waals surface area contributed by atoms with E-state index >= 15 is 0 Å². The van der Waals surface area contributed by atoms with Crippen LogP contribution in [0.15, 0.2) is 85.1 Å². The third-order valence-corrected chi connectivity index (χ3v) is 9.63. The van der Waals surface area contributed by atoms with E-state index in [1.54, 1.807) is 0 Å². The topological polar surface area (TPSA) is 95.9 Å². The summed E-state index contributed by atoms with van der Waals surface area (Å²) in [6.45, 7) is 6.16. The second-order valence-corrected chi connectivity index (χ2v) is 14.8. The van der Waals surface area contributed by atoms with Gasteiger partial charge in [-0.25, -0.2) is 0 Å². The Balaban J connectivity index is 4.71. The van der Waals surface area contributed by atoms with Crippen molar-refractivity contribution in [2.24, 2.45) is 0 Å². The summed E-state index contributed by atoms with van der Waals surface area (Å²) in [5, 5.41) is 23.6. The van der Waals surface area contributed by atoms with Crippen molar-refractivity contribution in [1.82, 2.24) is 5.32 Å². The van der Waals surface area contributed by atoms with Crippen molar-refractivity contribution < 1.29 is 24.5 Å². The van der Waals surface area contributed by atoms with Gasteiger partial charge in [0.25, 0.3) is 0 Å². The molecule has 314 valence electrons. The molecular weight excluding hydrogens is 683 g/mol. The summed E-state index contributed by atoms with van der Waals surface area (Å²) in [6, 6.07) is -0.723. The van der Waals surface area contributed by atoms with Crippen LogP contribution in [0.4, 0.5) is 0 Å². The van der Waals surface area contributed by atoms with Gasteiger partial charge < -0.3 is 20.3 Å². The number of carbonyl (C=O) groups excluding carboxylic acids is 2. The Kier molecular flexibility index (Phi) is 39.9. The zero-order valence-electron chi connectivity index (χ0n) is 35.5. The minimum Gasteiger partial charge on any atom is -0.462 e. The van der Waals surface area contributed by atoms with Crippen molar-refractivity contribution >= 4 is 11.9 Å². The first-order valence-electron chi connectivity index (χ1n) is 22.4. The Morgan fingerprint density at radius 1 is 0.545 bits per heavy atom. The lowest BCUT2D eigenvalue weighted by molar-refractivity contribution is -0.151. The normalized spacial score (nSPS) is 14.2. The number of aliphatic hydroxyl groups excluding tert-OH is 2. The highest BCUT2D eigenvalue weighted by molar-refractivity contribution is 5.77. The third kappa shape index (κ3) is 37.7. The molecule has 0 heterocycles. The highest BCUT2D eigenvalue weighted by atomic mass is 16.5. The number of allylic oxidation sites excluding steroid dienone is 14. The van der Waals surface area contributed by atoms with E-state index in [4.69, 9.17) is 4.74 Å². The smallest absolute Gasteiger partial charge is 0.306 e. The van der Waals surface area contributed by atoms with Gasteiger partial charge in [-0.2, -0.15) is 0 Å². The molecule has 6 nitrogen and oxygen atoms in total. The van der Waals surface area contributed by atoms with Crippen LogP contribution in [0.2, 0.25) is 0 Å². The van der Waals surface area contributed by atoms with E-state index in [1.807, 2.05) is 42.5 Å². The molecule has 0 saturated carbocycles. The summed E-state index contributed by atoms with van der Waals surface area (Å²) < 4.78 is 5.86. The summed E-state index contributed by atoms with van der Waals surface area (Å²) in [7, 11) is 0. The number of rotatable bonds is 38. The fourth-order valence-corrected chi connectivity index (χ4v) is 6.26. The van der Waals surface area contributed by atoms with Crippen LogP contribution in [0.25, 0.3) is 0 Å². The van der Waals surface area contributed by atoms with Crippen molar-refractivity contribution in [1.29, 1.82) is 0 Å². The molecule has 0 spiro atoms. The van der Waals surface area contributed by atoms with Crippen LogP contribution in [-0.2, 0) is 14.3 Å². The molecular formula is C49H83NO5. The summed E-state index contributed by atoms with van der Waals surface area (Å²) in [6.07, 6.45) is 53.6. The number of nitrogens with one attached hydrogen (secondary N) is 1. The van der Waals surface area contributed by atoms with Gasteiger partial charge in [-0.1, -0.05) is 196 Å². The second kappa shape index (κ2) is 42.2. The van der Waals surface area contributed by atoms with E-state index in [2.05, 4.69) is 68.6 Å². The first-order valence-corrected chi connectivity index (χ1v) is 22.4. The number of esters is 1. The van der Waals surface area contributed by atoms with Gasteiger partial charge in [-0.15, -0.1) is 0 Å². The van der Waals surface area contributed by atoms with Gasteiger partial charge >= 0.3 is 5.97 Å². The molecule has 55 heavy (non-hydrogen) atoms. The maximum atomic E-state index is 13.1.